The summed E-state index contributed by atoms with van der Waals surface area (Å²) < 4.78 is 5.73. The van der Waals surface area contributed by atoms with Gasteiger partial charge in [-0.15, -0.1) is 11.3 Å². The molecular formula is C25H30N8OS. The molecule has 35 heavy (non-hydrogen) atoms. The summed E-state index contributed by atoms with van der Waals surface area (Å²) in [6.45, 7) is 6.57. The zero-order chi connectivity index (χ0) is 24.4. The molecule has 1 fully saturated rings. The van der Waals surface area contributed by atoms with Crippen molar-refractivity contribution in [2.75, 3.05) is 44.0 Å². The number of aryl methyl sites for hydroxylation is 2. The summed E-state index contributed by atoms with van der Waals surface area (Å²) in [5, 5.41) is 3.85. The van der Waals surface area contributed by atoms with Crippen LogP contribution in [-0.2, 0) is 10.3 Å². The number of likely N-dealkylation sites (N-methyl/N-ethyl adjacent to an activating group) is 1. The summed E-state index contributed by atoms with van der Waals surface area (Å²) in [5.74, 6) is 0.643. The van der Waals surface area contributed by atoms with Crippen LogP contribution < -0.4 is 10.2 Å². The second-order valence-corrected chi connectivity index (χ2v) is 9.75. The van der Waals surface area contributed by atoms with Crippen molar-refractivity contribution in [3.8, 4) is 0 Å². The van der Waals surface area contributed by atoms with Gasteiger partial charge in [0.05, 0.1) is 34.0 Å². The highest BCUT2D eigenvalue weighted by atomic mass is 32.1. The molecule has 0 aliphatic carbocycles. The summed E-state index contributed by atoms with van der Waals surface area (Å²) in [6, 6.07) is 9.85. The van der Waals surface area contributed by atoms with Gasteiger partial charge in [-0.25, -0.2) is 19.9 Å². The maximum Gasteiger partial charge on any atom is 0.156 e. The smallest absolute Gasteiger partial charge is 0.156 e. The fraction of sp³-hybridized carbons (Fsp3) is 0.400. The lowest BCUT2D eigenvalue weighted by atomic mass is 9.86. The van der Waals surface area contributed by atoms with Crippen LogP contribution in [0.4, 0.5) is 11.4 Å². The first-order chi connectivity index (χ1) is 17.0. The molecule has 5 rings (SSSR count). The average molecular weight is 491 g/mol. The van der Waals surface area contributed by atoms with Crippen molar-refractivity contribution in [2.24, 2.45) is 9.98 Å². The molecule has 0 amide bonds. The second-order valence-electron chi connectivity index (χ2n) is 8.90. The van der Waals surface area contributed by atoms with E-state index < -0.39 is 11.6 Å². The van der Waals surface area contributed by atoms with Gasteiger partial charge >= 0.3 is 0 Å². The summed E-state index contributed by atoms with van der Waals surface area (Å²) in [6.07, 6.45) is 5.33. The predicted molar refractivity (Wildman–Crippen MR) is 141 cm³/mol. The number of benzene rings is 1. The van der Waals surface area contributed by atoms with Crippen molar-refractivity contribution in [2.45, 2.75) is 31.7 Å². The van der Waals surface area contributed by atoms with Crippen LogP contribution in [-0.4, -0.2) is 72.4 Å². The quantitative estimate of drug-likeness (QED) is 0.566. The van der Waals surface area contributed by atoms with Crippen LogP contribution in [0.1, 0.15) is 28.1 Å². The molecule has 2 aliphatic heterocycles. The Morgan fingerprint density at radius 3 is 2.77 bits per heavy atom. The van der Waals surface area contributed by atoms with Crippen molar-refractivity contribution in [3.05, 3.63) is 64.1 Å². The zero-order valence-electron chi connectivity index (χ0n) is 20.4. The van der Waals surface area contributed by atoms with E-state index in [-0.39, 0.29) is 6.23 Å². The Balaban J connectivity index is 1.60. The van der Waals surface area contributed by atoms with E-state index in [0.717, 1.165) is 47.3 Å². The van der Waals surface area contributed by atoms with Crippen molar-refractivity contribution in [1.82, 2.24) is 19.9 Å². The predicted octanol–water partition coefficient (Wildman–Crippen LogP) is 3.44. The van der Waals surface area contributed by atoms with Crippen molar-refractivity contribution < 1.29 is 4.74 Å². The minimum Gasteiger partial charge on any atom is -0.366 e. The number of nitrogens with zero attached hydrogens (tertiary/aromatic N) is 7. The van der Waals surface area contributed by atoms with E-state index >= 15 is 0 Å². The molecule has 4 heterocycles. The van der Waals surface area contributed by atoms with Crippen LogP contribution >= 0.6 is 11.3 Å². The standard InChI is InChI=1S/C25H30N8OS/c1-17-9-10-27-24(30-17)22-25(14-26-15-28-22,23-18(2)29-16-35-23)31-19-7-5-6-8-20(19)33-12-11-32(3)21(13-33)34-4/h5-10,14-16,21-22,31H,11-13H2,1-4H3. The minimum atomic E-state index is -0.795. The van der Waals surface area contributed by atoms with E-state index in [4.69, 9.17) is 14.7 Å². The molecule has 3 unspecified atom stereocenters. The number of anilines is 2. The third kappa shape index (κ3) is 4.44. The summed E-state index contributed by atoms with van der Waals surface area (Å²) in [5.41, 5.74) is 4.99. The first-order valence-corrected chi connectivity index (χ1v) is 12.5. The lowest BCUT2D eigenvalue weighted by molar-refractivity contribution is -0.0224. The number of nitrogens with one attached hydrogen (secondary N) is 1. The molecular weight excluding hydrogens is 460 g/mol. The highest BCUT2D eigenvalue weighted by molar-refractivity contribution is 7.10. The Labute approximate surface area is 209 Å². The van der Waals surface area contributed by atoms with Crippen LogP contribution in [0.2, 0.25) is 0 Å². The normalized spacial score (nSPS) is 24.6. The molecule has 0 radical (unpaired) electrons. The number of hydrogen-bond acceptors (Lipinski definition) is 10. The van der Waals surface area contributed by atoms with Gasteiger partial charge in [-0.2, -0.15) is 0 Å². The van der Waals surface area contributed by atoms with Gasteiger partial charge in [0.25, 0.3) is 0 Å². The Hall–Kier alpha value is -3.21. The number of para-hydroxylation sites is 2. The zero-order valence-corrected chi connectivity index (χ0v) is 21.2. The fourth-order valence-corrected chi connectivity index (χ4v) is 5.70. The molecule has 2 aromatic heterocycles. The van der Waals surface area contributed by atoms with E-state index in [0.29, 0.717) is 5.82 Å². The van der Waals surface area contributed by atoms with E-state index in [9.17, 15) is 0 Å². The number of hydrogen-bond donors (Lipinski definition) is 1. The Morgan fingerprint density at radius 1 is 1.14 bits per heavy atom. The third-order valence-corrected chi connectivity index (χ3v) is 7.70. The number of methoxy groups -OCH3 is 1. The SMILES string of the molecule is COC1CN(c2ccccc2NC2(c3scnc3C)C=NC=NC2c2nccc(C)n2)CCN1C. The van der Waals surface area contributed by atoms with Gasteiger partial charge in [0.2, 0.25) is 0 Å². The largest absolute Gasteiger partial charge is 0.366 e. The topological polar surface area (TPSA) is 91.1 Å². The van der Waals surface area contributed by atoms with Gasteiger partial charge in [-0.1, -0.05) is 12.1 Å². The molecule has 0 bridgehead atoms. The van der Waals surface area contributed by atoms with Gasteiger partial charge in [0.15, 0.2) is 5.82 Å². The Morgan fingerprint density at radius 2 is 2.00 bits per heavy atom. The number of ether oxygens (including phenoxy) is 1. The fourth-order valence-electron chi connectivity index (χ4n) is 4.75. The average Bonchev–Trinajstić information content (AvgIpc) is 3.31. The summed E-state index contributed by atoms with van der Waals surface area (Å²) >= 11 is 1.59. The molecule has 182 valence electrons. The lowest BCUT2D eigenvalue weighted by Crippen LogP contribution is -2.52. The van der Waals surface area contributed by atoms with Crippen molar-refractivity contribution >= 4 is 35.3 Å². The van der Waals surface area contributed by atoms with E-state index in [2.05, 4.69) is 55.3 Å². The number of piperazine rings is 1. The molecule has 0 spiro atoms. The van der Waals surface area contributed by atoms with Crippen LogP contribution in [0.3, 0.4) is 0 Å². The molecule has 3 atom stereocenters. The Kier molecular flexibility index (Phi) is 6.59. The van der Waals surface area contributed by atoms with Crippen LogP contribution in [0.25, 0.3) is 0 Å². The van der Waals surface area contributed by atoms with Crippen LogP contribution in [0.5, 0.6) is 0 Å². The summed E-state index contributed by atoms with van der Waals surface area (Å²) in [7, 11) is 3.86. The summed E-state index contributed by atoms with van der Waals surface area (Å²) in [4.78, 5) is 28.8. The minimum absolute atomic E-state index is 0.0313. The molecule has 1 aromatic carbocycles. The first kappa shape index (κ1) is 23.5. The third-order valence-electron chi connectivity index (χ3n) is 6.62. The van der Waals surface area contributed by atoms with Crippen molar-refractivity contribution in [3.63, 3.8) is 0 Å². The van der Waals surface area contributed by atoms with Crippen LogP contribution in [0, 0.1) is 13.8 Å². The van der Waals surface area contributed by atoms with E-state index in [1.165, 1.54) is 0 Å². The monoisotopic (exact) mass is 490 g/mol. The molecule has 2 aliphatic rings. The maximum atomic E-state index is 5.73. The van der Waals surface area contributed by atoms with Gasteiger partial charge < -0.3 is 15.0 Å². The van der Waals surface area contributed by atoms with Gasteiger partial charge in [0, 0.05) is 38.3 Å². The van der Waals surface area contributed by atoms with Gasteiger partial charge in [-0.05, 0) is 39.1 Å². The Bertz CT molecular complexity index is 1240. The lowest BCUT2D eigenvalue weighted by Gasteiger charge is -2.42. The number of aliphatic imine (C=N–C) groups is 2. The van der Waals surface area contributed by atoms with Gasteiger partial charge in [0.1, 0.15) is 24.1 Å². The molecule has 9 nitrogen and oxygen atoms in total. The highest BCUT2D eigenvalue weighted by Crippen LogP contribution is 2.44. The first-order valence-electron chi connectivity index (χ1n) is 11.6. The second kappa shape index (κ2) is 9.80. The van der Waals surface area contributed by atoms with Crippen LogP contribution in [0.15, 0.2) is 52.0 Å². The van der Waals surface area contributed by atoms with Crippen molar-refractivity contribution in [1.29, 1.82) is 0 Å². The number of thiazole rings is 1. The van der Waals surface area contributed by atoms with Gasteiger partial charge in [-0.3, -0.25) is 9.89 Å². The van der Waals surface area contributed by atoms with E-state index in [1.54, 1.807) is 31.0 Å². The molecule has 1 saturated heterocycles. The maximum absolute atomic E-state index is 5.73. The molecule has 1 N–H and O–H groups in total. The molecule has 0 saturated carbocycles. The highest BCUT2D eigenvalue weighted by Gasteiger charge is 2.46. The number of aromatic nitrogens is 3. The van der Waals surface area contributed by atoms with E-state index in [1.807, 2.05) is 37.7 Å². The number of rotatable bonds is 6. The molecule has 10 heteroatoms. The molecule has 3 aromatic rings.